The molecule has 0 aromatic carbocycles. The Bertz CT molecular complexity index is 425. The van der Waals surface area contributed by atoms with Gasteiger partial charge < -0.3 is 10.1 Å². The van der Waals surface area contributed by atoms with E-state index in [1.807, 2.05) is 19.9 Å². The SMILES string of the molecule is Cc1ccc(C#N)c(NC2CCOC2C)n1. The number of nitrogens with zero attached hydrogens (tertiary/aromatic N) is 2. The van der Waals surface area contributed by atoms with E-state index in [9.17, 15) is 0 Å². The smallest absolute Gasteiger partial charge is 0.144 e. The maximum Gasteiger partial charge on any atom is 0.144 e. The third kappa shape index (κ3) is 2.15. The lowest BCUT2D eigenvalue weighted by Crippen LogP contribution is -2.27. The Balaban J connectivity index is 2.20. The Morgan fingerprint density at radius 3 is 3.00 bits per heavy atom. The highest BCUT2D eigenvalue weighted by Gasteiger charge is 2.24. The summed E-state index contributed by atoms with van der Waals surface area (Å²) in [5, 5.41) is 12.3. The lowest BCUT2D eigenvalue weighted by atomic mass is 10.1. The Morgan fingerprint density at radius 1 is 1.56 bits per heavy atom. The van der Waals surface area contributed by atoms with E-state index in [1.165, 1.54) is 0 Å². The zero-order valence-corrected chi connectivity index (χ0v) is 9.53. The summed E-state index contributed by atoms with van der Waals surface area (Å²) in [6.45, 7) is 4.72. The van der Waals surface area contributed by atoms with Crippen molar-refractivity contribution in [1.82, 2.24) is 4.98 Å². The summed E-state index contributed by atoms with van der Waals surface area (Å²) in [7, 11) is 0. The molecule has 0 saturated carbocycles. The molecule has 1 aliphatic heterocycles. The zero-order chi connectivity index (χ0) is 11.5. The van der Waals surface area contributed by atoms with E-state index in [2.05, 4.69) is 16.4 Å². The molecule has 1 aromatic rings. The predicted molar refractivity (Wildman–Crippen MR) is 61.1 cm³/mol. The molecule has 0 aliphatic carbocycles. The van der Waals surface area contributed by atoms with Crippen LogP contribution in [0, 0.1) is 18.3 Å². The van der Waals surface area contributed by atoms with Gasteiger partial charge in [0.1, 0.15) is 11.9 Å². The van der Waals surface area contributed by atoms with Crippen molar-refractivity contribution in [2.45, 2.75) is 32.4 Å². The number of aryl methyl sites for hydroxylation is 1. The van der Waals surface area contributed by atoms with Crippen LogP contribution >= 0.6 is 0 Å². The van der Waals surface area contributed by atoms with Crippen LogP contribution in [0.1, 0.15) is 24.6 Å². The van der Waals surface area contributed by atoms with Gasteiger partial charge in [0, 0.05) is 12.3 Å². The summed E-state index contributed by atoms with van der Waals surface area (Å²) in [5.74, 6) is 0.671. The summed E-state index contributed by atoms with van der Waals surface area (Å²) >= 11 is 0. The van der Waals surface area contributed by atoms with Gasteiger partial charge in [-0.1, -0.05) is 0 Å². The largest absolute Gasteiger partial charge is 0.376 e. The molecule has 2 heterocycles. The van der Waals surface area contributed by atoms with E-state index in [0.717, 1.165) is 18.7 Å². The minimum atomic E-state index is 0.175. The number of ether oxygens (including phenoxy) is 1. The van der Waals surface area contributed by atoms with Crippen LogP contribution in [0.4, 0.5) is 5.82 Å². The molecule has 16 heavy (non-hydrogen) atoms. The van der Waals surface area contributed by atoms with Crippen molar-refractivity contribution >= 4 is 5.82 Å². The Kier molecular flexibility index (Phi) is 3.07. The average molecular weight is 217 g/mol. The first-order valence-corrected chi connectivity index (χ1v) is 5.46. The van der Waals surface area contributed by atoms with Crippen molar-refractivity contribution in [2.24, 2.45) is 0 Å². The van der Waals surface area contributed by atoms with Gasteiger partial charge in [-0.05, 0) is 32.4 Å². The number of anilines is 1. The molecule has 0 spiro atoms. The van der Waals surface area contributed by atoms with E-state index >= 15 is 0 Å². The van der Waals surface area contributed by atoms with Crippen LogP contribution in [-0.4, -0.2) is 23.7 Å². The number of hydrogen-bond acceptors (Lipinski definition) is 4. The second-order valence-corrected chi connectivity index (χ2v) is 4.08. The molecule has 1 saturated heterocycles. The molecular weight excluding hydrogens is 202 g/mol. The number of nitrogens with one attached hydrogen (secondary N) is 1. The molecule has 2 rings (SSSR count). The van der Waals surface area contributed by atoms with Crippen molar-refractivity contribution in [3.05, 3.63) is 23.4 Å². The second-order valence-electron chi connectivity index (χ2n) is 4.08. The van der Waals surface area contributed by atoms with Crippen LogP contribution in [0.25, 0.3) is 0 Å². The van der Waals surface area contributed by atoms with Gasteiger partial charge in [0.15, 0.2) is 0 Å². The van der Waals surface area contributed by atoms with Crippen LogP contribution in [0.2, 0.25) is 0 Å². The lowest BCUT2D eigenvalue weighted by molar-refractivity contribution is 0.121. The lowest BCUT2D eigenvalue weighted by Gasteiger charge is -2.17. The topological polar surface area (TPSA) is 57.9 Å². The Labute approximate surface area is 95.3 Å². The van der Waals surface area contributed by atoms with E-state index < -0.39 is 0 Å². The fraction of sp³-hybridized carbons (Fsp3) is 0.500. The molecule has 4 nitrogen and oxygen atoms in total. The van der Waals surface area contributed by atoms with Gasteiger partial charge >= 0.3 is 0 Å². The van der Waals surface area contributed by atoms with Crippen molar-refractivity contribution in [3.63, 3.8) is 0 Å². The second kappa shape index (κ2) is 4.50. The molecule has 0 bridgehead atoms. The first kappa shape index (κ1) is 10.9. The van der Waals surface area contributed by atoms with E-state index in [4.69, 9.17) is 10.00 Å². The van der Waals surface area contributed by atoms with Gasteiger partial charge in [-0.2, -0.15) is 5.26 Å². The fourth-order valence-corrected chi connectivity index (χ4v) is 1.85. The van der Waals surface area contributed by atoms with Crippen LogP contribution in [0.15, 0.2) is 12.1 Å². The molecule has 1 aliphatic rings. The van der Waals surface area contributed by atoms with E-state index in [-0.39, 0.29) is 12.1 Å². The molecule has 0 amide bonds. The molecule has 0 radical (unpaired) electrons. The normalized spacial score (nSPS) is 24.1. The Hall–Kier alpha value is -1.60. The highest BCUT2D eigenvalue weighted by Crippen LogP contribution is 2.20. The maximum atomic E-state index is 8.99. The van der Waals surface area contributed by atoms with Crippen molar-refractivity contribution in [3.8, 4) is 6.07 Å². The average Bonchev–Trinajstić information content (AvgIpc) is 2.65. The van der Waals surface area contributed by atoms with Gasteiger partial charge in [-0.25, -0.2) is 4.98 Å². The van der Waals surface area contributed by atoms with Crippen LogP contribution < -0.4 is 5.32 Å². The molecule has 1 N–H and O–H groups in total. The van der Waals surface area contributed by atoms with Gasteiger partial charge in [0.05, 0.1) is 17.7 Å². The minimum absolute atomic E-state index is 0.175. The molecule has 1 aromatic heterocycles. The molecular formula is C12H15N3O. The van der Waals surface area contributed by atoms with Crippen LogP contribution in [0.5, 0.6) is 0 Å². The van der Waals surface area contributed by atoms with Gasteiger partial charge in [-0.15, -0.1) is 0 Å². The fourth-order valence-electron chi connectivity index (χ4n) is 1.85. The predicted octanol–water partition coefficient (Wildman–Crippen LogP) is 1.85. The van der Waals surface area contributed by atoms with Crippen molar-refractivity contribution in [2.75, 3.05) is 11.9 Å². The monoisotopic (exact) mass is 217 g/mol. The van der Waals surface area contributed by atoms with Gasteiger partial charge in [-0.3, -0.25) is 0 Å². The number of pyridine rings is 1. The third-order valence-corrected chi connectivity index (χ3v) is 2.85. The van der Waals surface area contributed by atoms with Crippen LogP contribution in [0.3, 0.4) is 0 Å². The summed E-state index contributed by atoms with van der Waals surface area (Å²) in [6, 6.07) is 6.04. The minimum Gasteiger partial charge on any atom is -0.376 e. The molecule has 2 unspecified atom stereocenters. The van der Waals surface area contributed by atoms with Crippen molar-refractivity contribution in [1.29, 1.82) is 5.26 Å². The summed E-state index contributed by atoms with van der Waals surface area (Å²) in [4.78, 5) is 4.35. The van der Waals surface area contributed by atoms with Gasteiger partial charge in [0.25, 0.3) is 0 Å². The molecule has 1 fully saturated rings. The number of nitriles is 1. The summed E-state index contributed by atoms with van der Waals surface area (Å²) in [5.41, 5.74) is 1.50. The molecule has 4 heteroatoms. The standard InChI is InChI=1S/C12H15N3O/c1-8-3-4-10(7-13)12(14-8)15-11-5-6-16-9(11)2/h3-4,9,11H,5-6H2,1-2H3,(H,14,15). The first-order valence-electron chi connectivity index (χ1n) is 5.46. The van der Waals surface area contributed by atoms with Gasteiger partial charge in [0.2, 0.25) is 0 Å². The third-order valence-electron chi connectivity index (χ3n) is 2.85. The zero-order valence-electron chi connectivity index (χ0n) is 9.53. The first-order chi connectivity index (χ1) is 7.70. The van der Waals surface area contributed by atoms with Crippen LogP contribution in [-0.2, 0) is 4.74 Å². The summed E-state index contributed by atoms with van der Waals surface area (Å²) < 4.78 is 5.47. The highest BCUT2D eigenvalue weighted by atomic mass is 16.5. The number of hydrogen-bond donors (Lipinski definition) is 1. The molecule has 2 atom stereocenters. The van der Waals surface area contributed by atoms with E-state index in [1.54, 1.807) is 6.07 Å². The maximum absolute atomic E-state index is 8.99. The highest BCUT2D eigenvalue weighted by molar-refractivity contribution is 5.52. The molecule has 84 valence electrons. The number of rotatable bonds is 2. The van der Waals surface area contributed by atoms with E-state index in [0.29, 0.717) is 11.4 Å². The Morgan fingerprint density at radius 2 is 2.38 bits per heavy atom. The quantitative estimate of drug-likeness (QED) is 0.821. The number of aromatic nitrogens is 1. The van der Waals surface area contributed by atoms with Crippen molar-refractivity contribution < 1.29 is 4.74 Å². The summed E-state index contributed by atoms with van der Waals surface area (Å²) in [6.07, 6.45) is 1.13.